The number of carbonyl (C=O) groups excluding carboxylic acids is 1. The van der Waals surface area contributed by atoms with Gasteiger partial charge in [0.2, 0.25) is 5.91 Å². The molecule has 5 nitrogen and oxygen atoms in total. The Hall–Kier alpha value is -1.79. The molecule has 0 spiro atoms. The number of nitrogens with zero attached hydrogens (tertiary/aromatic N) is 2. The number of hydrogen-bond donors (Lipinski definition) is 1. The number of benzene rings is 1. The molecule has 156 valence electrons. The highest BCUT2D eigenvalue weighted by molar-refractivity contribution is 7.98. The first kappa shape index (κ1) is 20.5. The molecule has 29 heavy (non-hydrogen) atoms. The van der Waals surface area contributed by atoms with E-state index in [9.17, 15) is 4.79 Å². The summed E-state index contributed by atoms with van der Waals surface area (Å²) in [5, 5.41) is 7.82. The van der Waals surface area contributed by atoms with Crippen LogP contribution in [-0.2, 0) is 17.0 Å². The molecule has 1 aromatic carbocycles. The maximum absolute atomic E-state index is 12.8. The van der Waals surface area contributed by atoms with Gasteiger partial charge in [0.05, 0.1) is 11.4 Å². The molecule has 0 radical (unpaired) electrons. The highest BCUT2D eigenvalue weighted by Crippen LogP contribution is 2.28. The van der Waals surface area contributed by atoms with E-state index in [4.69, 9.17) is 4.52 Å². The van der Waals surface area contributed by atoms with Gasteiger partial charge in [0.15, 0.2) is 0 Å². The van der Waals surface area contributed by atoms with Gasteiger partial charge < -0.3 is 14.7 Å². The van der Waals surface area contributed by atoms with E-state index in [1.54, 1.807) is 11.8 Å². The van der Waals surface area contributed by atoms with Crippen molar-refractivity contribution in [3.8, 4) is 0 Å². The molecular formula is C23H31N3O2S. The van der Waals surface area contributed by atoms with E-state index in [1.165, 1.54) is 11.3 Å². The Balaban J connectivity index is 1.31. The molecule has 1 amide bonds. The zero-order valence-corrected chi connectivity index (χ0v) is 17.8. The molecule has 1 N–H and O–H groups in total. The molecule has 6 heteroatoms. The number of rotatable bonds is 7. The van der Waals surface area contributed by atoms with Crippen LogP contribution in [-0.4, -0.2) is 42.1 Å². The first-order chi connectivity index (χ1) is 14.3. The average molecular weight is 414 g/mol. The van der Waals surface area contributed by atoms with E-state index in [0.717, 1.165) is 69.1 Å². The van der Waals surface area contributed by atoms with E-state index in [-0.39, 0.29) is 0 Å². The summed E-state index contributed by atoms with van der Waals surface area (Å²) < 4.78 is 5.57. The maximum atomic E-state index is 12.8. The third kappa shape index (κ3) is 5.86. The largest absolute Gasteiger partial charge is 0.360 e. The number of carbonyl (C=O) groups is 1. The Morgan fingerprint density at radius 2 is 2.00 bits per heavy atom. The van der Waals surface area contributed by atoms with Crippen molar-refractivity contribution in [3.05, 3.63) is 47.9 Å². The van der Waals surface area contributed by atoms with Crippen LogP contribution in [0.3, 0.4) is 0 Å². The molecule has 2 aliphatic rings. The van der Waals surface area contributed by atoms with Crippen LogP contribution in [0.25, 0.3) is 0 Å². The molecule has 0 saturated carbocycles. The predicted octanol–water partition coefficient (Wildman–Crippen LogP) is 4.14. The van der Waals surface area contributed by atoms with Gasteiger partial charge in [0, 0.05) is 30.5 Å². The first-order valence-corrected chi connectivity index (χ1v) is 11.9. The van der Waals surface area contributed by atoms with Gasteiger partial charge in [0.25, 0.3) is 0 Å². The molecule has 2 aromatic rings. The van der Waals surface area contributed by atoms with Gasteiger partial charge in [-0.25, -0.2) is 0 Å². The Morgan fingerprint density at radius 3 is 2.83 bits per heavy atom. The maximum Gasteiger partial charge on any atom is 0.222 e. The van der Waals surface area contributed by atoms with Crippen molar-refractivity contribution in [3.63, 3.8) is 0 Å². The lowest BCUT2D eigenvalue weighted by Crippen LogP contribution is -2.42. The molecule has 2 unspecified atom stereocenters. The Bertz CT molecular complexity index is 773. The van der Waals surface area contributed by atoms with Gasteiger partial charge in [-0.3, -0.25) is 4.79 Å². The third-order valence-corrected chi connectivity index (χ3v) is 7.15. The van der Waals surface area contributed by atoms with Crippen LogP contribution in [0, 0.1) is 11.8 Å². The standard InChI is InChI=1S/C23H31N3O2S/c27-23(26-11-5-2-6-12-26)14-18-9-10-24-16-19(18)13-20-15-21(28-25-20)17-29-22-7-3-1-4-8-22/h1,3-4,7-8,15,18-19,24H,2,5-6,9-14,16-17H2. The fraction of sp³-hybridized carbons (Fsp3) is 0.565. The van der Waals surface area contributed by atoms with E-state index >= 15 is 0 Å². The summed E-state index contributed by atoms with van der Waals surface area (Å²) in [6.07, 6.45) is 6.20. The lowest BCUT2D eigenvalue weighted by Gasteiger charge is -2.34. The van der Waals surface area contributed by atoms with Crippen LogP contribution in [0.5, 0.6) is 0 Å². The summed E-state index contributed by atoms with van der Waals surface area (Å²) in [5.41, 5.74) is 1.01. The molecular weight excluding hydrogens is 382 g/mol. The van der Waals surface area contributed by atoms with Crippen molar-refractivity contribution in [1.29, 1.82) is 0 Å². The van der Waals surface area contributed by atoms with E-state index < -0.39 is 0 Å². The van der Waals surface area contributed by atoms with Crippen molar-refractivity contribution in [1.82, 2.24) is 15.4 Å². The van der Waals surface area contributed by atoms with Crippen molar-refractivity contribution in [2.75, 3.05) is 26.2 Å². The number of aromatic nitrogens is 1. The van der Waals surface area contributed by atoms with Gasteiger partial charge in [-0.1, -0.05) is 23.4 Å². The van der Waals surface area contributed by atoms with Crippen molar-refractivity contribution in [2.45, 2.75) is 49.2 Å². The Kier molecular flexibility index (Phi) is 7.28. The van der Waals surface area contributed by atoms with E-state index in [2.05, 4.69) is 45.7 Å². The summed E-state index contributed by atoms with van der Waals surface area (Å²) in [4.78, 5) is 16.1. The second-order valence-electron chi connectivity index (χ2n) is 8.25. The molecule has 1 aromatic heterocycles. The predicted molar refractivity (Wildman–Crippen MR) is 116 cm³/mol. The number of likely N-dealkylation sites (tertiary alicyclic amines) is 1. The summed E-state index contributed by atoms with van der Waals surface area (Å²) in [5.74, 6) is 2.93. The van der Waals surface area contributed by atoms with Crippen LogP contribution < -0.4 is 5.32 Å². The average Bonchev–Trinajstić information content (AvgIpc) is 3.22. The molecule has 2 saturated heterocycles. The Labute approximate surface area is 177 Å². The molecule has 2 aliphatic heterocycles. The van der Waals surface area contributed by atoms with Crippen LogP contribution >= 0.6 is 11.8 Å². The minimum absolute atomic E-state index is 0.349. The SMILES string of the molecule is O=C(CC1CCNCC1Cc1cc(CSc2ccccc2)on1)N1CCCCC1. The summed E-state index contributed by atoms with van der Waals surface area (Å²) in [6, 6.07) is 12.4. The minimum atomic E-state index is 0.349. The van der Waals surface area contributed by atoms with Crippen LogP contribution in [0.1, 0.15) is 43.6 Å². The van der Waals surface area contributed by atoms with Crippen LogP contribution in [0.4, 0.5) is 0 Å². The van der Waals surface area contributed by atoms with Crippen LogP contribution in [0.15, 0.2) is 45.8 Å². The van der Waals surface area contributed by atoms with E-state index in [1.807, 2.05) is 6.07 Å². The highest BCUT2D eigenvalue weighted by Gasteiger charge is 2.30. The minimum Gasteiger partial charge on any atom is -0.360 e. The Morgan fingerprint density at radius 1 is 1.17 bits per heavy atom. The fourth-order valence-corrected chi connectivity index (χ4v) is 5.24. The van der Waals surface area contributed by atoms with Crippen molar-refractivity contribution >= 4 is 17.7 Å². The second-order valence-corrected chi connectivity index (χ2v) is 9.30. The van der Waals surface area contributed by atoms with Gasteiger partial charge in [-0.05, 0) is 69.2 Å². The lowest BCUT2D eigenvalue weighted by molar-refractivity contribution is -0.133. The second kappa shape index (κ2) is 10.3. The zero-order valence-electron chi connectivity index (χ0n) is 17.0. The number of amides is 1. The summed E-state index contributed by atoms with van der Waals surface area (Å²) in [6.45, 7) is 3.85. The quantitative estimate of drug-likeness (QED) is 0.692. The van der Waals surface area contributed by atoms with Gasteiger partial charge in [-0.15, -0.1) is 11.8 Å². The third-order valence-electron chi connectivity index (χ3n) is 6.11. The van der Waals surface area contributed by atoms with Gasteiger partial charge in [0.1, 0.15) is 5.76 Å². The topological polar surface area (TPSA) is 58.4 Å². The molecule has 2 fully saturated rings. The lowest BCUT2D eigenvalue weighted by atomic mass is 9.81. The van der Waals surface area contributed by atoms with Gasteiger partial charge in [-0.2, -0.15) is 0 Å². The zero-order chi connectivity index (χ0) is 19.9. The molecule has 3 heterocycles. The monoisotopic (exact) mass is 413 g/mol. The van der Waals surface area contributed by atoms with Gasteiger partial charge >= 0.3 is 0 Å². The summed E-state index contributed by atoms with van der Waals surface area (Å²) >= 11 is 1.76. The van der Waals surface area contributed by atoms with E-state index in [0.29, 0.717) is 24.2 Å². The summed E-state index contributed by atoms with van der Waals surface area (Å²) in [7, 11) is 0. The highest BCUT2D eigenvalue weighted by atomic mass is 32.2. The first-order valence-electron chi connectivity index (χ1n) is 10.9. The number of hydrogen-bond acceptors (Lipinski definition) is 5. The molecule has 0 bridgehead atoms. The fourth-order valence-electron chi connectivity index (χ4n) is 4.44. The number of thioether (sulfide) groups is 1. The molecule has 2 atom stereocenters. The van der Waals surface area contributed by atoms with Crippen molar-refractivity contribution in [2.24, 2.45) is 11.8 Å². The number of piperidine rings is 2. The normalized spacial score (nSPS) is 22.6. The smallest absolute Gasteiger partial charge is 0.222 e. The van der Waals surface area contributed by atoms with Crippen LogP contribution in [0.2, 0.25) is 0 Å². The molecule has 4 rings (SSSR count). The van der Waals surface area contributed by atoms with Crippen molar-refractivity contribution < 1.29 is 9.32 Å². The molecule has 0 aliphatic carbocycles. The number of nitrogens with one attached hydrogen (secondary N) is 1.